The number of benzene rings is 2. The Bertz CT molecular complexity index is 771. The molecule has 0 saturated heterocycles. The van der Waals surface area contributed by atoms with Crippen molar-refractivity contribution in [2.45, 2.75) is 13.8 Å². The summed E-state index contributed by atoms with van der Waals surface area (Å²) in [5.41, 5.74) is 1.80. The van der Waals surface area contributed by atoms with Crippen molar-refractivity contribution < 1.29 is 19.1 Å². The predicted molar refractivity (Wildman–Crippen MR) is 90.8 cm³/mol. The van der Waals surface area contributed by atoms with Gasteiger partial charge in [-0.05, 0) is 37.6 Å². The van der Waals surface area contributed by atoms with Gasteiger partial charge in [0.1, 0.15) is 0 Å². The maximum Gasteiger partial charge on any atom is 0.340 e. The van der Waals surface area contributed by atoms with Crippen LogP contribution in [-0.2, 0) is 14.3 Å². The molecule has 2 aromatic rings. The van der Waals surface area contributed by atoms with Crippen LogP contribution in [-0.4, -0.2) is 24.4 Å². The van der Waals surface area contributed by atoms with Crippen molar-refractivity contribution in [3.63, 3.8) is 0 Å². The lowest BCUT2D eigenvalue weighted by molar-refractivity contribution is -0.133. The molecule has 0 unspecified atom stereocenters. The number of hydrogen-bond donors (Lipinski definition) is 2. The van der Waals surface area contributed by atoms with E-state index in [1.54, 1.807) is 31.2 Å². The molecule has 0 aromatic heterocycles. The lowest BCUT2D eigenvalue weighted by Crippen LogP contribution is -2.30. The Morgan fingerprint density at radius 3 is 2.04 bits per heavy atom. The summed E-state index contributed by atoms with van der Waals surface area (Å²) in [7, 11) is 0. The van der Waals surface area contributed by atoms with Crippen LogP contribution in [0.3, 0.4) is 0 Å². The molecule has 0 heterocycles. The van der Waals surface area contributed by atoms with Crippen LogP contribution in [0.15, 0.2) is 48.5 Å². The van der Waals surface area contributed by atoms with Crippen LogP contribution in [0.2, 0.25) is 0 Å². The fraction of sp³-hybridized carbons (Fsp3) is 0.167. The molecule has 0 atom stereocenters. The van der Waals surface area contributed by atoms with E-state index < -0.39 is 17.8 Å². The number of rotatable bonds is 4. The first-order chi connectivity index (χ1) is 11.5. The molecule has 6 heteroatoms. The Kier molecular flexibility index (Phi) is 5.68. The summed E-state index contributed by atoms with van der Waals surface area (Å²) in [5, 5.41) is 4.97. The van der Waals surface area contributed by atoms with Crippen molar-refractivity contribution in [1.29, 1.82) is 0 Å². The van der Waals surface area contributed by atoms with Crippen molar-refractivity contribution in [1.82, 2.24) is 0 Å². The van der Waals surface area contributed by atoms with Gasteiger partial charge in [0.05, 0.1) is 17.9 Å². The normalized spacial score (nSPS) is 9.92. The van der Waals surface area contributed by atoms with Crippen molar-refractivity contribution in [2.75, 3.05) is 17.2 Å². The lowest BCUT2D eigenvalue weighted by Gasteiger charge is -2.11. The molecule has 24 heavy (non-hydrogen) atoms. The van der Waals surface area contributed by atoms with E-state index in [1.165, 1.54) is 12.1 Å². The standard InChI is InChI=1S/C18H18N2O4/c1-3-24-18(23)13-9-5-7-11-15(13)20-17(22)16(21)19-14-10-6-4-8-12(14)2/h4-11H,3H2,1-2H3,(H,19,21)(H,20,22). The third-order valence-electron chi connectivity index (χ3n) is 3.27. The molecule has 0 aliphatic heterocycles. The predicted octanol–water partition coefficient (Wildman–Crippen LogP) is 2.75. The third kappa shape index (κ3) is 4.19. The van der Waals surface area contributed by atoms with Gasteiger partial charge in [0.15, 0.2) is 0 Å². The Morgan fingerprint density at radius 1 is 0.875 bits per heavy atom. The third-order valence-corrected chi connectivity index (χ3v) is 3.27. The first-order valence-corrected chi connectivity index (χ1v) is 7.47. The highest BCUT2D eigenvalue weighted by atomic mass is 16.5. The Hall–Kier alpha value is -3.15. The second-order valence-electron chi connectivity index (χ2n) is 4.99. The topological polar surface area (TPSA) is 84.5 Å². The van der Waals surface area contributed by atoms with E-state index >= 15 is 0 Å². The van der Waals surface area contributed by atoms with Gasteiger partial charge in [-0.15, -0.1) is 0 Å². The number of amides is 2. The molecule has 0 spiro atoms. The van der Waals surface area contributed by atoms with Crippen LogP contribution < -0.4 is 10.6 Å². The SMILES string of the molecule is CCOC(=O)c1ccccc1NC(=O)C(=O)Nc1ccccc1C. The molecule has 0 fully saturated rings. The molecule has 0 saturated carbocycles. The van der Waals surface area contributed by atoms with Gasteiger partial charge >= 0.3 is 17.8 Å². The monoisotopic (exact) mass is 326 g/mol. The molecule has 2 amide bonds. The minimum Gasteiger partial charge on any atom is -0.462 e. The zero-order valence-corrected chi connectivity index (χ0v) is 13.5. The van der Waals surface area contributed by atoms with Crippen molar-refractivity contribution in [3.05, 3.63) is 59.7 Å². The van der Waals surface area contributed by atoms with Gasteiger partial charge in [-0.1, -0.05) is 30.3 Å². The minimum absolute atomic E-state index is 0.191. The van der Waals surface area contributed by atoms with E-state index in [4.69, 9.17) is 4.74 Å². The summed E-state index contributed by atoms with van der Waals surface area (Å²) in [6.07, 6.45) is 0. The average molecular weight is 326 g/mol. The van der Waals surface area contributed by atoms with Crippen LogP contribution in [0.4, 0.5) is 11.4 Å². The molecule has 0 aliphatic rings. The summed E-state index contributed by atoms with van der Waals surface area (Å²) in [6.45, 7) is 3.73. The van der Waals surface area contributed by atoms with Gasteiger partial charge in [-0.25, -0.2) is 4.79 Å². The summed E-state index contributed by atoms with van der Waals surface area (Å²) >= 11 is 0. The summed E-state index contributed by atoms with van der Waals surface area (Å²) in [6, 6.07) is 13.5. The van der Waals surface area contributed by atoms with Crippen LogP contribution in [0, 0.1) is 6.92 Å². The molecule has 0 radical (unpaired) electrons. The van der Waals surface area contributed by atoms with Gasteiger partial charge < -0.3 is 15.4 Å². The number of esters is 1. The second-order valence-corrected chi connectivity index (χ2v) is 4.99. The minimum atomic E-state index is -0.866. The Morgan fingerprint density at radius 2 is 1.42 bits per heavy atom. The maximum absolute atomic E-state index is 12.1. The molecule has 2 aromatic carbocycles. The van der Waals surface area contributed by atoms with Crippen molar-refractivity contribution in [2.24, 2.45) is 0 Å². The average Bonchev–Trinajstić information content (AvgIpc) is 2.57. The highest BCUT2D eigenvalue weighted by molar-refractivity contribution is 6.44. The van der Waals surface area contributed by atoms with E-state index in [0.717, 1.165) is 5.56 Å². The first kappa shape index (κ1) is 17.2. The highest BCUT2D eigenvalue weighted by Gasteiger charge is 2.18. The van der Waals surface area contributed by atoms with Gasteiger partial charge in [0.2, 0.25) is 0 Å². The van der Waals surface area contributed by atoms with Gasteiger partial charge in [-0.3, -0.25) is 9.59 Å². The van der Waals surface area contributed by atoms with Crippen LogP contribution in [0.5, 0.6) is 0 Å². The van der Waals surface area contributed by atoms with Gasteiger partial charge in [-0.2, -0.15) is 0 Å². The Balaban J connectivity index is 2.11. The van der Waals surface area contributed by atoms with Gasteiger partial charge in [0.25, 0.3) is 0 Å². The molecule has 0 aliphatic carbocycles. The molecular formula is C18H18N2O4. The lowest BCUT2D eigenvalue weighted by atomic mass is 10.1. The molecule has 124 valence electrons. The zero-order chi connectivity index (χ0) is 17.5. The van der Waals surface area contributed by atoms with E-state index in [-0.39, 0.29) is 17.9 Å². The first-order valence-electron chi connectivity index (χ1n) is 7.47. The molecule has 0 bridgehead atoms. The number of anilines is 2. The van der Waals surface area contributed by atoms with Crippen molar-refractivity contribution in [3.8, 4) is 0 Å². The number of para-hydroxylation sites is 2. The van der Waals surface area contributed by atoms with Crippen LogP contribution >= 0.6 is 0 Å². The summed E-state index contributed by atoms with van der Waals surface area (Å²) < 4.78 is 4.93. The fourth-order valence-electron chi connectivity index (χ4n) is 2.05. The van der Waals surface area contributed by atoms with E-state index in [2.05, 4.69) is 10.6 Å². The van der Waals surface area contributed by atoms with E-state index in [1.807, 2.05) is 19.1 Å². The number of carbonyl (C=O) groups excluding carboxylic acids is 3. The number of aryl methyl sites for hydroxylation is 1. The maximum atomic E-state index is 12.1. The molecule has 6 nitrogen and oxygen atoms in total. The van der Waals surface area contributed by atoms with Gasteiger partial charge in [0, 0.05) is 5.69 Å². The smallest absolute Gasteiger partial charge is 0.340 e. The van der Waals surface area contributed by atoms with Crippen molar-refractivity contribution >= 4 is 29.2 Å². The molecule has 2 rings (SSSR count). The summed E-state index contributed by atoms with van der Waals surface area (Å²) in [5.74, 6) is -2.24. The quantitative estimate of drug-likeness (QED) is 0.668. The Labute approximate surface area is 139 Å². The summed E-state index contributed by atoms with van der Waals surface area (Å²) in [4.78, 5) is 36.0. The zero-order valence-electron chi connectivity index (χ0n) is 13.5. The number of carbonyl (C=O) groups is 3. The number of hydrogen-bond acceptors (Lipinski definition) is 4. The highest BCUT2D eigenvalue weighted by Crippen LogP contribution is 2.17. The van der Waals surface area contributed by atoms with E-state index in [9.17, 15) is 14.4 Å². The number of ether oxygens (including phenoxy) is 1. The van der Waals surface area contributed by atoms with Crippen LogP contribution in [0.1, 0.15) is 22.8 Å². The largest absolute Gasteiger partial charge is 0.462 e. The van der Waals surface area contributed by atoms with Crippen LogP contribution in [0.25, 0.3) is 0 Å². The molecule has 2 N–H and O–H groups in total. The second kappa shape index (κ2) is 7.92. The molecular weight excluding hydrogens is 308 g/mol. The number of nitrogens with one attached hydrogen (secondary N) is 2. The fourth-order valence-corrected chi connectivity index (χ4v) is 2.05. The van der Waals surface area contributed by atoms with E-state index in [0.29, 0.717) is 5.69 Å².